The Morgan fingerprint density at radius 2 is 2.04 bits per heavy atom. The van der Waals surface area contributed by atoms with Crippen LogP contribution in [0.5, 0.6) is 0 Å². The molecule has 1 saturated heterocycles. The van der Waals surface area contributed by atoms with E-state index >= 15 is 0 Å². The quantitative estimate of drug-likeness (QED) is 0.895. The Labute approximate surface area is 142 Å². The number of amides is 2. The monoisotopic (exact) mass is 329 g/mol. The molecule has 1 unspecified atom stereocenters. The van der Waals surface area contributed by atoms with E-state index in [9.17, 15) is 9.59 Å². The molecule has 1 heterocycles. The number of carbonyl (C=O) groups is 2. The van der Waals surface area contributed by atoms with Gasteiger partial charge in [0.1, 0.15) is 0 Å². The van der Waals surface area contributed by atoms with Crippen molar-refractivity contribution in [3.05, 3.63) is 35.4 Å². The molecule has 1 atom stereocenters. The van der Waals surface area contributed by atoms with Gasteiger partial charge in [-0.15, -0.1) is 0 Å². The first kappa shape index (κ1) is 17.8. The molecule has 0 spiro atoms. The maximum absolute atomic E-state index is 12.6. The van der Waals surface area contributed by atoms with Gasteiger partial charge in [-0.25, -0.2) is 4.79 Å². The van der Waals surface area contributed by atoms with Gasteiger partial charge in [0.15, 0.2) is 6.10 Å². The van der Waals surface area contributed by atoms with Crippen molar-refractivity contribution in [1.29, 1.82) is 5.26 Å². The fourth-order valence-electron chi connectivity index (χ4n) is 2.94. The minimum Gasteiger partial charge on any atom is -0.436 e. The summed E-state index contributed by atoms with van der Waals surface area (Å²) < 4.78 is 5.05. The van der Waals surface area contributed by atoms with E-state index in [4.69, 9.17) is 15.7 Å². The van der Waals surface area contributed by atoms with Crippen LogP contribution in [0.15, 0.2) is 24.3 Å². The molecule has 1 aromatic rings. The van der Waals surface area contributed by atoms with Gasteiger partial charge in [0.05, 0.1) is 11.6 Å². The van der Waals surface area contributed by atoms with E-state index in [0.717, 1.165) is 18.4 Å². The van der Waals surface area contributed by atoms with Crippen LogP contribution in [-0.4, -0.2) is 36.1 Å². The Morgan fingerprint density at radius 3 is 2.67 bits per heavy atom. The van der Waals surface area contributed by atoms with Crippen LogP contribution in [0.4, 0.5) is 4.79 Å². The molecule has 2 amide bonds. The number of nitrogens with two attached hydrogens (primary N) is 1. The van der Waals surface area contributed by atoms with E-state index in [1.165, 1.54) is 0 Å². The SMILES string of the molecule is CC1CCN(C(=O)C(CCc2ccccc2C#N)OC(N)=O)CC1. The number of nitrogens with zero attached hydrogens (tertiary/aromatic N) is 2. The van der Waals surface area contributed by atoms with Crippen LogP contribution in [0, 0.1) is 17.2 Å². The molecule has 6 nitrogen and oxygen atoms in total. The number of hydrogen-bond donors (Lipinski definition) is 1. The van der Waals surface area contributed by atoms with Crippen molar-refractivity contribution in [2.75, 3.05) is 13.1 Å². The fourth-order valence-corrected chi connectivity index (χ4v) is 2.94. The summed E-state index contributed by atoms with van der Waals surface area (Å²) in [6.45, 7) is 3.51. The van der Waals surface area contributed by atoms with E-state index in [1.54, 1.807) is 17.0 Å². The summed E-state index contributed by atoms with van der Waals surface area (Å²) in [5.41, 5.74) is 6.52. The van der Waals surface area contributed by atoms with E-state index in [-0.39, 0.29) is 5.91 Å². The standard InChI is InChI=1S/C18H23N3O3/c1-13-8-10-21(11-9-13)17(22)16(24-18(20)23)7-6-14-4-2-3-5-15(14)12-19/h2-5,13,16H,6-11H2,1H3,(H2,20,23). The van der Waals surface area contributed by atoms with Crippen molar-refractivity contribution in [3.8, 4) is 6.07 Å². The van der Waals surface area contributed by atoms with Gasteiger partial charge in [-0.05, 0) is 43.2 Å². The van der Waals surface area contributed by atoms with Crippen molar-refractivity contribution in [2.45, 2.75) is 38.7 Å². The third kappa shape index (κ3) is 4.72. The number of benzene rings is 1. The molecule has 0 radical (unpaired) electrons. The second kappa shape index (κ2) is 8.34. The van der Waals surface area contributed by atoms with Crippen LogP contribution in [0.2, 0.25) is 0 Å². The highest BCUT2D eigenvalue weighted by molar-refractivity contribution is 5.83. The highest BCUT2D eigenvalue weighted by Gasteiger charge is 2.29. The minimum atomic E-state index is -0.952. The van der Waals surface area contributed by atoms with Crippen molar-refractivity contribution < 1.29 is 14.3 Å². The Balaban J connectivity index is 2.04. The lowest BCUT2D eigenvalue weighted by Crippen LogP contribution is -2.45. The summed E-state index contributed by atoms with van der Waals surface area (Å²) in [5.74, 6) is 0.405. The van der Waals surface area contributed by atoms with Crippen LogP contribution >= 0.6 is 0 Å². The lowest BCUT2D eigenvalue weighted by molar-refractivity contribution is -0.141. The number of ether oxygens (including phenoxy) is 1. The van der Waals surface area contributed by atoms with Gasteiger partial charge in [0.25, 0.3) is 5.91 Å². The molecule has 6 heteroatoms. The molecule has 24 heavy (non-hydrogen) atoms. The number of carbonyl (C=O) groups excluding carboxylic acids is 2. The summed E-state index contributed by atoms with van der Waals surface area (Å²) in [6.07, 6.45) is 0.831. The Kier molecular flexibility index (Phi) is 6.19. The largest absolute Gasteiger partial charge is 0.436 e. The number of aryl methyl sites for hydroxylation is 1. The first-order valence-electron chi connectivity index (χ1n) is 8.24. The molecule has 1 aromatic carbocycles. The topological polar surface area (TPSA) is 96.4 Å². The zero-order valence-corrected chi connectivity index (χ0v) is 13.9. The number of hydrogen-bond acceptors (Lipinski definition) is 4. The van der Waals surface area contributed by atoms with Gasteiger partial charge in [-0.3, -0.25) is 4.79 Å². The Bertz CT molecular complexity index is 631. The molecule has 0 saturated carbocycles. The maximum atomic E-state index is 12.6. The van der Waals surface area contributed by atoms with Crippen LogP contribution < -0.4 is 5.73 Å². The van der Waals surface area contributed by atoms with Crippen molar-refractivity contribution in [2.24, 2.45) is 11.7 Å². The average molecular weight is 329 g/mol. The number of primary amides is 1. The lowest BCUT2D eigenvalue weighted by Gasteiger charge is -2.32. The molecule has 1 fully saturated rings. The zero-order valence-electron chi connectivity index (χ0n) is 13.9. The highest BCUT2D eigenvalue weighted by atomic mass is 16.6. The van der Waals surface area contributed by atoms with Crippen molar-refractivity contribution >= 4 is 12.0 Å². The molecular formula is C18H23N3O3. The van der Waals surface area contributed by atoms with Gasteiger partial charge < -0.3 is 15.4 Å². The van der Waals surface area contributed by atoms with Gasteiger partial charge >= 0.3 is 6.09 Å². The minimum absolute atomic E-state index is 0.199. The first-order chi connectivity index (χ1) is 11.5. The normalized spacial score (nSPS) is 16.2. The fraction of sp³-hybridized carbons (Fsp3) is 0.500. The third-order valence-corrected chi connectivity index (χ3v) is 4.44. The smallest absolute Gasteiger partial charge is 0.405 e. The molecule has 0 aliphatic carbocycles. The van der Waals surface area contributed by atoms with E-state index in [0.29, 0.717) is 37.4 Å². The summed E-state index contributed by atoms with van der Waals surface area (Å²) in [5, 5.41) is 9.14. The molecule has 2 rings (SSSR count). The molecular weight excluding hydrogens is 306 g/mol. The predicted molar refractivity (Wildman–Crippen MR) is 88.9 cm³/mol. The summed E-state index contributed by atoms with van der Waals surface area (Å²) >= 11 is 0. The van der Waals surface area contributed by atoms with E-state index in [2.05, 4.69) is 13.0 Å². The number of rotatable bonds is 5. The summed E-state index contributed by atoms with van der Waals surface area (Å²) in [7, 11) is 0. The average Bonchev–Trinajstić information content (AvgIpc) is 2.58. The van der Waals surface area contributed by atoms with Gasteiger partial charge in [0, 0.05) is 13.1 Å². The number of piperidine rings is 1. The summed E-state index contributed by atoms with van der Waals surface area (Å²) in [4.78, 5) is 25.5. The van der Waals surface area contributed by atoms with E-state index in [1.807, 2.05) is 12.1 Å². The molecule has 1 aliphatic rings. The van der Waals surface area contributed by atoms with E-state index < -0.39 is 12.2 Å². The number of likely N-dealkylation sites (tertiary alicyclic amines) is 1. The lowest BCUT2D eigenvalue weighted by atomic mass is 9.97. The second-order valence-electron chi connectivity index (χ2n) is 6.24. The van der Waals surface area contributed by atoms with Crippen LogP contribution in [0.3, 0.4) is 0 Å². The van der Waals surface area contributed by atoms with Gasteiger partial charge in [-0.2, -0.15) is 5.26 Å². The summed E-state index contributed by atoms with van der Waals surface area (Å²) in [6, 6.07) is 9.33. The molecule has 0 aromatic heterocycles. The Morgan fingerprint density at radius 1 is 1.38 bits per heavy atom. The number of nitriles is 1. The molecule has 1 aliphatic heterocycles. The second-order valence-corrected chi connectivity index (χ2v) is 6.24. The molecule has 2 N–H and O–H groups in total. The first-order valence-corrected chi connectivity index (χ1v) is 8.24. The predicted octanol–water partition coefficient (Wildman–Crippen LogP) is 2.21. The maximum Gasteiger partial charge on any atom is 0.405 e. The third-order valence-electron chi connectivity index (χ3n) is 4.44. The zero-order chi connectivity index (χ0) is 17.5. The van der Waals surface area contributed by atoms with Crippen LogP contribution in [-0.2, 0) is 16.0 Å². The van der Waals surface area contributed by atoms with Gasteiger partial charge in [-0.1, -0.05) is 25.1 Å². The van der Waals surface area contributed by atoms with Crippen molar-refractivity contribution in [1.82, 2.24) is 4.90 Å². The van der Waals surface area contributed by atoms with Crippen LogP contribution in [0.25, 0.3) is 0 Å². The highest BCUT2D eigenvalue weighted by Crippen LogP contribution is 2.19. The Hall–Kier alpha value is -2.55. The van der Waals surface area contributed by atoms with Crippen LogP contribution in [0.1, 0.15) is 37.3 Å². The van der Waals surface area contributed by atoms with Gasteiger partial charge in [0.2, 0.25) is 0 Å². The molecule has 0 bridgehead atoms. The van der Waals surface area contributed by atoms with Crippen molar-refractivity contribution in [3.63, 3.8) is 0 Å². The molecule has 128 valence electrons.